The molecular formula is C29H35BrN4O2. The van der Waals surface area contributed by atoms with Crippen molar-refractivity contribution in [1.82, 2.24) is 14.1 Å². The SMILES string of the molecule is Br.CC(C)(C)c1cc(C(=O)Cn2c(=N)n(Cc3ccccc3)c3ccncc32)cc(C(C)(C)C)c1O. The van der Waals surface area contributed by atoms with Crippen molar-refractivity contribution in [2.24, 2.45) is 0 Å². The second kappa shape index (κ2) is 10.1. The van der Waals surface area contributed by atoms with Gasteiger partial charge in [-0.25, -0.2) is 0 Å². The van der Waals surface area contributed by atoms with Crippen molar-refractivity contribution in [3.63, 3.8) is 0 Å². The zero-order chi connectivity index (χ0) is 25.5. The van der Waals surface area contributed by atoms with Gasteiger partial charge in [0.05, 0.1) is 30.3 Å². The lowest BCUT2D eigenvalue weighted by Gasteiger charge is -2.28. The molecule has 2 heterocycles. The molecule has 2 aromatic heterocycles. The Hall–Kier alpha value is -3.19. The first kappa shape index (κ1) is 27.4. The van der Waals surface area contributed by atoms with Crippen LogP contribution in [0.15, 0.2) is 60.9 Å². The van der Waals surface area contributed by atoms with Gasteiger partial charge in [-0.3, -0.25) is 15.2 Å². The predicted octanol–water partition coefficient (Wildman–Crippen LogP) is 6.13. The molecule has 0 aliphatic carbocycles. The van der Waals surface area contributed by atoms with Gasteiger partial charge in [0, 0.05) is 22.9 Å². The number of nitrogens with zero attached hydrogens (tertiary/aromatic N) is 3. The number of Topliss-reactive ketones (excluding diaryl/α,β-unsaturated/α-hetero) is 1. The van der Waals surface area contributed by atoms with E-state index in [9.17, 15) is 9.90 Å². The fraction of sp³-hybridized carbons (Fsp3) is 0.345. The van der Waals surface area contributed by atoms with Crippen LogP contribution >= 0.6 is 17.0 Å². The molecule has 0 amide bonds. The van der Waals surface area contributed by atoms with Crippen LogP contribution in [0, 0.1) is 5.41 Å². The molecule has 0 unspecified atom stereocenters. The van der Waals surface area contributed by atoms with Crippen LogP contribution in [0.1, 0.15) is 68.6 Å². The summed E-state index contributed by atoms with van der Waals surface area (Å²) in [5.74, 6) is 0.140. The van der Waals surface area contributed by atoms with E-state index in [-0.39, 0.29) is 51.5 Å². The van der Waals surface area contributed by atoms with E-state index in [1.54, 1.807) is 29.1 Å². The summed E-state index contributed by atoms with van der Waals surface area (Å²) >= 11 is 0. The Labute approximate surface area is 222 Å². The molecule has 2 aromatic carbocycles. The average molecular weight is 552 g/mol. The maximum absolute atomic E-state index is 13.6. The van der Waals surface area contributed by atoms with Crippen LogP contribution in [0.4, 0.5) is 0 Å². The largest absolute Gasteiger partial charge is 0.507 e. The molecule has 190 valence electrons. The zero-order valence-corrected chi connectivity index (χ0v) is 23.5. The lowest BCUT2D eigenvalue weighted by atomic mass is 9.78. The molecule has 36 heavy (non-hydrogen) atoms. The van der Waals surface area contributed by atoms with E-state index in [4.69, 9.17) is 5.41 Å². The Morgan fingerprint density at radius 3 is 2.06 bits per heavy atom. The van der Waals surface area contributed by atoms with Crippen molar-refractivity contribution in [3.8, 4) is 5.75 Å². The molecule has 6 nitrogen and oxygen atoms in total. The number of phenolic OH excluding ortho intramolecular Hbond substituents is 1. The first-order chi connectivity index (χ1) is 16.4. The normalized spacial score (nSPS) is 11.9. The van der Waals surface area contributed by atoms with Gasteiger partial charge in [-0.15, -0.1) is 17.0 Å². The van der Waals surface area contributed by atoms with Crippen molar-refractivity contribution in [1.29, 1.82) is 5.41 Å². The molecule has 0 spiro atoms. The number of hydrogen-bond acceptors (Lipinski definition) is 4. The number of hydrogen-bond donors (Lipinski definition) is 2. The molecule has 0 aliphatic heterocycles. The molecule has 0 fully saturated rings. The van der Waals surface area contributed by atoms with Crippen LogP contribution in [0.2, 0.25) is 0 Å². The Morgan fingerprint density at radius 1 is 0.917 bits per heavy atom. The number of fused-ring (bicyclic) bond motifs is 1. The molecule has 4 rings (SSSR count). The third kappa shape index (κ3) is 5.31. The highest BCUT2D eigenvalue weighted by Crippen LogP contribution is 2.40. The van der Waals surface area contributed by atoms with Gasteiger partial charge in [0.1, 0.15) is 5.75 Å². The number of aromatic hydroxyl groups is 1. The van der Waals surface area contributed by atoms with Crippen molar-refractivity contribution < 1.29 is 9.90 Å². The highest BCUT2D eigenvalue weighted by molar-refractivity contribution is 8.93. The Balaban J connectivity index is 0.00000361. The molecule has 2 N–H and O–H groups in total. The average Bonchev–Trinajstić information content (AvgIpc) is 3.04. The summed E-state index contributed by atoms with van der Waals surface area (Å²) < 4.78 is 3.62. The molecule has 0 aliphatic rings. The molecule has 0 bridgehead atoms. The quantitative estimate of drug-likeness (QED) is 0.293. The van der Waals surface area contributed by atoms with Gasteiger partial charge in [0.25, 0.3) is 0 Å². The summed E-state index contributed by atoms with van der Waals surface area (Å²) in [6, 6.07) is 15.5. The number of halogens is 1. The molecule has 0 saturated heterocycles. The highest BCUT2D eigenvalue weighted by Gasteiger charge is 2.28. The summed E-state index contributed by atoms with van der Waals surface area (Å²) in [7, 11) is 0. The van der Waals surface area contributed by atoms with Gasteiger partial charge in [0.2, 0.25) is 5.62 Å². The lowest BCUT2D eigenvalue weighted by molar-refractivity contribution is 0.0971. The van der Waals surface area contributed by atoms with Crippen LogP contribution in [-0.4, -0.2) is 25.0 Å². The molecule has 0 radical (unpaired) electrons. The fourth-order valence-corrected chi connectivity index (χ4v) is 4.45. The molecule has 4 aromatic rings. The number of aromatic nitrogens is 3. The van der Waals surface area contributed by atoms with E-state index in [1.807, 2.05) is 82.5 Å². The van der Waals surface area contributed by atoms with Crippen LogP contribution < -0.4 is 5.62 Å². The third-order valence-corrected chi connectivity index (χ3v) is 6.40. The van der Waals surface area contributed by atoms with E-state index in [0.717, 1.165) is 27.7 Å². The second-order valence-electron chi connectivity index (χ2n) is 11.2. The van der Waals surface area contributed by atoms with Crippen LogP contribution in [0.5, 0.6) is 5.75 Å². The Morgan fingerprint density at radius 2 is 1.50 bits per heavy atom. The minimum Gasteiger partial charge on any atom is -0.507 e. The van der Waals surface area contributed by atoms with Crippen LogP contribution in [0.3, 0.4) is 0 Å². The first-order valence-corrected chi connectivity index (χ1v) is 11.9. The summed E-state index contributed by atoms with van der Waals surface area (Å²) in [6.45, 7) is 12.7. The van der Waals surface area contributed by atoms with Crippen LogP contribution in [0.25, 0.3) is 11.0 Å². The maximum Gasteiger partial charge on any atom is 0.203 e. The number of benzene rings is 2. The fourth-order valence-electron chi connectivity index (χ4n) is 4.45. The Kier molecular flexibility index (Phi) is 7.65. The van der Waals surface area contributed by atoms with E-state index < -0.39 is 0 Å². The van der Waals surface area contributed by atoms with Gasteiger partial charge in [-0.1, -0.05) is 71.9 Å². The number of carbonyl (C=O) groups excluding carboxylic acids is 1. The summed E-state index contributed by atoms with van der Waals surface area (Å²) in [6.07, 6.45) is 3.42. The Bertz CT molecular complexity index is 1420. The van der Waals surface area contributed by atoms with Gasteiger partial charge in [0.15, 0.2) is 5.78 Å². The highest BCUT2D eigenvalue weighted by atomic mass is 79.9. The van der Waals surface area contributed by atoms with E-state index in [0.29, 0.717) is 12.1 Å². The number of rotatable bonds is 5. The number of ketones is 1. The van der Waals surface area contributed by atoms with E-state index in [2.05, 4.69) is 4.98 Å². The number of imidazole rings is 1. The summed E-state index contributed by atoms with van der Waals surface area (Å²) in [5, 5.41) is 19.9. The van der Waals surface area contributed by atoms with E-state index >= 15 is 0 Å². The predicted molar refractivity (Wildman–Crippen MR) is 149 cm³/mol. The minimum atomic E-state index is -0.330. The topological polar surface area (TPSA) is 83.9 Å². The maximum atomic E-state index is 13.6. The minimum absolute atomic E-state index is 0. The van der Waals surface area contributed by atoms with Crippen molar-refractivity contribution in [2.75, 3.05) is 0 Å². The summed E-state index contributed by atoms with van der Waals surface area (Å²) in [5.41, 5.74) is 4.30. The van der Waals surface area contributed by atoms with Crippen molar-refractivity contribution in [3.05, 3.63) is 88.8 Å². The smallest absolute Gasteiger partial charge is 0.203 e. The summed E-state index contributed by atoms with van der Waals surface area (Å²) in [4.78, 5) is 17.9. The molecule has 7 heteroatoms. The number of carbonyl (C=O) groups is 1. The second-order valence-corrected chi connectivity index (χ2v) is 11.2. The van der Waals surface area contributed by atoms with E-state index in [1.165, 1.54) is 0 Å². The van der Waals surface area contributed by atoms with Gasteiger partial charge in [-0.05, 0) is 34.6 Å². The monoisotopic (exact) mass is 550 g/mol. The number of nitrogens with one attached hydrogen (secondary N) is 1. The van der Waals surface area contributed by atoms with Crippen molar-refractivity contribution in [2.45, 2.75) is 65.5 Å². The van der Waals surface area contributed by atoms with Gasteiger partial charge in [-0.2, -0.15) is 0 Å². The molecule has 0 saturated carbocycles. The first-order valence-electron chi connectivity index (χ1n) is 11.9. The molecule has 0 atom stereocenters. The number of phenols is 1. The number of pyridine rings is 1. The van der Waals surface area contributed by atoms with Gasteiger partial charge < -0.3 is 14.2 Å². The van der Waals surface area contributed by atoms with Crippen LogP contribution in [-0.2, 0) is 23.9 Å². The third-order valence-electron chi connectivity index (χ3n) is 6.40. The van der Waals surface area contributed by atoms with Crippen molar-refractivity contribution >= 4 is 33.8 Å². The lowest BCUT2D eigenvalue weighted by Crippen LogP contribution is -2.28. The molecular weight excluding hydrogens is 516 g/mol. The zero-order valence-electron chi connectivity index (χ0n) is 21.8. The standard InChI is InChI=1S/C29H34N4O2.BrH/c1-28(2,3)21-14-20(15-22(26(21)35)29(4,5)6)25(34)18-33-24-16-31-13-12-23(24)32(27(33)30)17-19-10-8-7-9-11-19;/h7-16,30,35H,17-18H2,1-6H3;1H. The van der Waals surface area contributed by atoms with Gasteiger partial charge >= 0.3 is 0 Å².